The molecule has 41 heavy (non-hydrogen) atoms. The van der Waals surface area contributed by atoms with Crippen LogP contribution >= 0.6 is 0 Å². The monoisotopic (exact) mass is 582 g/mol. The lowest BCUT2D eigenvalue weighted by molar-refractivity contribution is -0.178. The summed E-state index contributed by atoms with van der Waals surface area (Å²) in [5.41, 5.74) is 1.68. The second-order valence-corrected chi connectivity index (χ2v) is 11.1. The van der Waals surface area contributed by atoms with Crippen LogP contribution < -0.4 is 10.6 Å². The van der Waals surface area contributed by atoms with Crippen molar-refractivity contribution in [2.75, 3.05) is 13.1 Å². The molecule has 4 heterocycles. The summed E-state index contributed by atoms with van der Waals surface area (Å²) in [6.45, 7) is -1.09. The number of urea groups is 1. The third kappa shape index (κ3) is 5.81. The van der Waals surface area contributed by atoms with Crippen molar-refractivity contribution >= 4 is 17.6 Å². The van der Waals surface area contributed by atoms with Crippen molar-refractivity contribution in [3.05, 3.63) is 41.1 Å². The zero-order valence-corrected chi connectivity index (χ0v) is 21.7. The first kappa shape index (κ1) is 27.3. The van der Waals surface area contributed by atoms with Gasteiger partial charge in [-0.05, 0) is 48.4 Å². The van der Waals surface area contributed by atoms with Gasteiger partial charge in [0.05, 0.1) is 30.0 Å². The highest BCUT2D eigenvalue weighted by atomic mass is 19.4. The molecule has 2 atom stereocenters. The maximum absolute atomic E-state index is 14.0. The van der Waals surface area contributed by atoms with Crippen LogP contribution in [0, 0.1) is 11.8 Å². The Balaban J connectivity index is 1.24. The molecule has 220 valence electrons. The summed E-state index contributed by atoms with van der Waals surface area (Å²) in [5.74, 6) is -5.26. The van der Waals surface area contributed by atoms with Gasteiger partial charge in [0.25, 0.3) is 5.91 Å². The molecule has 11 nitrogen and oxygen atoms in total. The number of aromatic nitrogens is 5. The van der Waals surface area contributed by atoms with Crippen LogP contribution in [0.1, 0.15) is 77.9 Å². The maximum atomic E-state index is 14.0. The minimum absolute atomic E-state index is 0.0554. The summed E-state index contributed by atoms with van der Waals surface area (Å²) in [4.78, 5) is 31.1. The van der Waals surface area contributed by atoms with E-state index in [2.05, 4.69) is 31.0 Å². The molecule has 3 amide bonds. The van der Waals surface area contributed by atoms with Crippen molar-refractivity contribution in [3.63, 3.8) is 0 Å². The van der Waals surface area contributed by atoms with Crippen LogP contribution in [-0.2, 0) is 6.54 Å². The average Bonchev–Trinajstić information content (AvgIpc) is 3.48. The van der Waals surface area contributed by atoms with Gasteiger partial charge in [-0.2, -0.15) is 18.3 Å². The Hall–Kier alpha value is -3.85. The molecule has 2 N–H and O–H groups in total. The molecular weight excluding hydrogens is 555 g/mol. The number of hydrogen-bond donors (Lipinski definition) is 2. The molecule has 0 radical (unpaired) electrons. The van der Waals surface area contributed by atoms with Gasteiger partial charge in [0.1, 0.15) is 5.69 Å². The van der Waals surface area contributed by atoms with Crippen LogP contribution in [0.5, 0.6) is 0 Å². The predicted molar refractivity (Wildman–Crippen MR) is 130 cm³/mol. The Morgan fingerprint density at radius 1 is 1.20 bits per heavy atom. The number of carbonyl (C=O) groups is 2. The molecule has 3 aromatic rings. The smallest absolute Gasteiger partial charge is 0.342 e. The lowest BCUT2D eigenvalue weighted by atomic mass is 9.81. The lowest BCUT2D eigenvalue weighted by Crippen LogP contribution is -2.54. The molecule has 0 aromatic carbocycles. The van der Waals surface area contributed by atoms with Crippen molar-refractivity contribution in [2.24, 2.45) is 11.8 Å². The standard InChI is InChI=1S/C25H27F5N8O3/c26-24(27)5-3-15(4-6-24)19(34-22(39)21-20(14-1-2-14)35-41-36-21)17-12-38-18(33-17)7-13(8-32-38)10-37-11-16(25(28,29)30)9-31-23(37)40/h7-8,12,14-16,19H,1-6,9-11H2,(H,31,40)(H,34,39)/t16-,19+/m1/s1. The Labute approximate surface area is 229 Å². The van der Waals surface area contributed by atoms with Crippen molar-refractivity contribution in [2.45, 2.75) is 69.1 Å². The fourth-order valence-corrected chi connectivity index (χ4v) is 5.50. The molecule has 2 aliphatic carbocycles. The first-order valence-corrected chi connectivity index (χ1v) is 13.4. The van der Waals surface area contributed by atoms with Gasteiger partial charge < -0.3 is 15.5 Å². The highest BCUT2D eigenvalue weighted by Gasteiger charge is 2.44. The third-order valence-electron chi connectivity index (χ3n) is 7.99. The lowest BCUT2D eigenvalue weighted by Gasteiger charge is -2.34. The fraction of sp³-hybridized carbons (Fsp3) is 0.600. The Morgan fingerprint density at radius 2 is 1.95 bits per heavy atom. The van der Waals surface area contributed by atoms with Crippen molar-refractivity contribution in [3.8, 4) is 0 Å². The highest BCUT2D eigenvalue weighted by molar-refractivity contribution is 5.93. The third-order valence-corrected chi connectivity index (χ3v) is 7.99. The number of nitrogens with zero attached hydrogens (tertiary/aromatic N) is 6. The Kier molecular flexibility index (Phi) is 6.80. The highest BCUT2D eigenvalue weighted by Crippen LogP contribution is 2.42. The van der Waals surface area contributed by atoms with Gasteiger partial charge in [-0.3, -0.25) is 4.79 Å². The summed E-state index contributed by atoms with van der Waals surface area (Å²) >= 11 is 0. The molecule has 3 aliphatic rings. The molecule has 2 saturated carbocycles. The molecule has 1 aliphatic heterocycles. The molecule has 0 unspecified atom stereocenters. The van der Waals surface area contributed by atoms with Crippen LogP contribution in [0.15, 0.2) is 23.1 Å². The van der Waals surface area contributed by atoms with E-state index in [0.717, 1.165) is 17.7 Å². The Morgan fingerprint density at radius 3 is 2.66 bits per heavy atom. The van der Waals surface area contributed by atoms with Crippen molar-refractivity contribution in [1.29, 1.82) is 0 Å². The van der Waals surface area contributed by atoms with Gasteiger partial charge >= 0.3 is 12.2 Å². The van der Waals surface area contributed by atoms with E-state index in [1.165, 1.54) is 10.7 Å². The fourth-order valence-electron chi connectivity index (χ4n) is 5.50. The summed E-state index contributed by atoms with van der Waals surface area (Å²) < 4.78 is 73.8. The molecule has 16 heteroatoms. The number of carbonyl (C=O) groups excluding carboxylic acids is 2. The van der Waals surface area contributed by atoms with Crippen LogP contribution in [0.3, 0.4) is 0 Å². The Bertz CT molecular complexity index is 1440. The number of halogens is 5. The van der Waals surface area contributed by atoms with Gasteiger partial charge in [-0.1, -0.05) is 5.16 Å². The van der Waals surface area contributed by atoms with Crippen LogP contribution in [0.2, 0.25) is 0 Å². The number of hydrogen-bond acceptors (Lipinski definition) is 7. The second-order valence-electron chi connectivity index (χ2n) is 11.1. The molecule has 0 bridgehead atoms. The van der Waals surface area contributed by atoms with E-state index in [0.29, 0.717) is 22.6 Å². The molecule has 3 fully saturated rings. The number of alkyl halides is 5. The summed E-state index contributed by atoms with van der Waals surface area (Å²) in [7, 11) is 0. The minimum atomic E-state index is -4.45. The normalized spacial score (nSPS) is 22.5. The molecule has 1 saturated heterocycles. The van der Waals surface area contributed by atoms with Gasteiger partial charge in [-0.15, -0.1) is 0 Å². The van der Waals surface area contributed by atoms with Gasteiger partial charge in [0.15, 0.2) is 11.3 Å². The van der Waals surface area contributed by atoms with E-state index < -0.39 is 49.1 Å². The minimum Gasteiger partial charge on any atom is -0.342 e. The SMILES string of the molecule is O=C(N[C@H](c1cn2ncc(CN3C[C@H](C(F)(F)F)CNC3=O)cc2n1)C1CCC(F)(F)CC1)c1nonc1C1CC1. The van der Waals surface area contributed by atoms with Gasteiger partial charge in [-0.25, -0.2) is 27.7 Å². The van der Waals surface area contributed by atoms with E-state index in [-0.39, 0.29) is 49.8 Å². The average molecular weight is 583 g/mol. The number of nitrogens with one attached hydrogen (secondary N) is 2. The molecule has 0 spiro atoms. The van der Waals surface area contributed by atoms with E-state index in [1.54, 1.807) is 12.3 Å². The summed E-state index contributed by atoms with van der Waals surface area (Å²) in [5, 5.41) is 17.1. The molecule has 6 rings (SSSR count). The van der Waals surface area contributed by atoms with E-state index in [1.807, 2.05) is 0 Å². The first-order chi connectivity index (χ1) is 19.5. The van der Waals surface area contributed by atoms with Crippen LogP contribution in [0.4, 0.5) is 26.7 Å². The first-order valence-electron chi connectivity index (χ1n) is 13.4. The number of rotatable bonds is 7. The maximum Gasteiger partial charge on any atom is 0.395 e. The zero-order chi connectivity index (χ0) is 28.9. The summed E-state index contributed by atoms with van der Waals surface area (Å²) in [6.07, 6.45) is -0.0598. The van der Waals surface area contributed by atoms with Crippen molar-refractivity contribution in [1.82, 2.24) is 40.4 Å². The molecule has 3 aromatic heterocycles. The van der Waals surface area contributed by atoms with E-state index in [9.17, 15) is 31.5 Å². The zero-order valence-electron chi connectivity index (χ0n) is 21.7. The quantitative estimate of drug-likeness (QED) is 0.403. The largest absolute Gasteiger partial charge is 0.395 e. The van der Waals surface area contributed by atoms with E-state index >= 15 is 0 Å². The number of imidazole rings is 1. The predicted octanol–water partition coefficient (Wildman–Crippen LogP) is 3.99. The van der Waals surface area contributed by atoms with E-state index in [4.69, 9.17) is 4.63 Å². The van der Waals surface area contributed by atoms with Crippen LogP contribution in [-0.4, -0.2) is 66.9 Å². The second kappa shape index (κ2) is 10.2. The summed E-state index contributed by atoms with van der Waals surface area (Å²) in [6, 6.07) is 0.230. The van der Waals surface area contributed by atoms with Gasteiger partial charge in [0.2, 0.25) is 5.92 Å². The number of fused-ring (bicyclic) bond motifs is 1. The van der Waals surface area contributed by atoms with Gasteiger partial charge in [0, 0.05) is 38.4 Å². The number of amides is 3. The van der Waals surface area contributed by atoms with Crippen molar-refractivity contribution < 1.29 is 36.2 Å². The van der Waals surface area contributed by atoms with Crippen LogP contribution in [0.25, 0.3) is 5.65 Å². The topological polar surface area (TPSA) is 131 Å². The molecular formula is C25H27F5N8O3.